The first-order valence-corrected chi connectivity index (χ1v) is 8.15. The van der Waals surface area contributed by atoms with Crippen molar-refractivity contribution in [2.24, 2.45) is 0 Å². The summed E-state index contributed by atoms with van der Waals surface area (Å²) < 4.78 is 31.6. The largest absolute Gasteiger partial charge is 0.495 e. The zero-order valence-corrected chi connectivity index (χ0v) is 13.2. The Labute approximate surface area is 124 Å². The number of hydrogen-bond donors (Lipinski definition) is 0. The van der Waals surface area contributed by atoms with E-state index in [4.69, 9.17) is 4.74 Å². The number of benzene rings is 1. The monoisotopic (exact) mass is 316 g/mol. The van der Waals surface area contributed by atoms with Crippen LogP contribution in [-0.4, -0.2) is 37.8 Å². The summed E-state index contributed by atoms with van der Waals surface area (Å²) in [6, 6.07) is 3.52. The van der Waals surface area contributed by atoms with E-state index in [0.717, 1.165) is 18.9 Å². The first kappa shape index (κ1) is 17.4. The molecule has 0 aliphatic carbocycles. The third-order valence-electron chi connectivity index (χ3n) is 3.09. The molecule has 1 aromatic carbocycles. The predicted octanol–water partition coefficient (Wildman–Crippen LogP) is 2.41. The highest BCUT2D eigenvalue weighted by Gasteiger charge is 2.27. The van der Waals surface area contributed by atoms with E-state index < -0.39 is 14.9 Å². The van der Waals surface area contributed by atoms with Crippen LogP contribution in [0.15, 0.2) is 23.1 Å². The zero-order valence-electron chi connectivity index (χ0n) is 12.4. The highest BCUT2D eigenvalue weighted by atomic mass is 32.2. The van der Waals surface area contributed by atoms with Gasteiger partial charge in [0.1, 0.15) is 10.6 Å². The number of nitro groups is 1. The average Bonchev–Trinajstić information content (AvgIpc) is 2.46. The Morgan fingerprint density at radius 1 is 1.33 bits per heavy atom. The lowest BCUT2D eigenvalue weighted by atomic mass is 10.3. The van der Waals surface area contributed by atoms with Crippen LogP contribution in [0.3, 0.4) is 0 Å². The Bertz CT molecular complexity index is 601. The molecule has 1 aromatic rings. The molecule has 0 aromatic heterocycles. The Kier molecular flexibility index (Phi) is 6.10. The van der Waals surface area contributed by atoms with E-state index in [0.29, 0.717) is 13.1 Å². The van der Waals surface area contributed by atoms with Gasteiger partial charge in [0.2, 0.25) is 10.0 Å². The lowest BCUT2D eigenvalue weighted by Gasteiger charge is -2.21. The van der Waals surface area contributed by atoms with Crippen LogP contribution in [0, 0.1) is 10.1 Å². The van der Waals surface area contributed by atoms with E-state index in [1.165, 1.54) is 23.5 Å². The van der Waals surface area contributed by atoms with Gasteiger partial charge in [0, 0.05) is 19.2 Å². The molecule has 0 aliphatic heterocycles. The van der Waals surface area contributed by atoms with E-state index >= 15 is 0 Å². The fraction of sp³-hybridized carbons (Fsp3) is 0.538. The molecule has 118 valence electrons. The second-order valence-corrected chi connectivity index (χ2v) is 6.35. The standard InChI is InChI=1S/C13H20N2O5S/c1-4-6-9-14(5-2)21(18,19)13-8-7-11(15(16)17)10-12(13)20-3/h7-8,10H,4-6,9H2,1-3H3. The summed E-state index contributed by atoms with van der Waals surface area (Å²) in [5.74, 6) is -0.0147. The van der Waals surface area contributed by atoms with Gasteiger partial charge in [-0.15, -0.1) is 0 Å². The lowest BCUT2D eigenvalue weighted by Crippen LogP contribution is -2.32. The number of nitrogens with zero attached hydrogens (tertiary/aromatic N) is 2. The molecule has 0 saturated carbocycles. The third-order valence-corrected chi connectivity index (χ3v) is 5.10. The number of unbranched alkanes of at least 4 members (excludes halogenated alkanes) is 1. The van der Waals surface area contributed by atoms with Crippen LogP contribution in [0.25, 0.3) is 0 Å². The first-order valence-electron chi connectivity index (χ1n) is 6.71. The summed E-state index contributed by atoms with van der Waals surface area (Å²) >= 11 is 0. The molecule has 21 heavy (non-hydrogen) atoms. The van der Waals surface area contributed by atoms with E-state index in [2.05, 4.69) is 0 Å². The minimum Gasteiger partial charge on any atom is -0.495 e. The summed E-state index contributed by atoms with van der Waals surface area (Å²) in [4.78, 5) is 10.1. The van der Waals surface area contributed by atoms with Crippen molar-refractivity contribution in [3.8, 4) is 5.75 Å². The molecule has 0 amide bonds. The maximum atomic E-state index is 12.6. The van der Waals surface area contributed by atoms with Gasteiger partial charge >= 0.3 is 0 Å². The van der Waals surface area contributed by atoms with Crippen LogP contribution < -0.4 is 4.74 Å². The molecule has 0 saturated heterocycles. The number of rotatable bonds is 8. The van der Waals surface area contributed by atoms with Gasteiger partial charge in [0.15, 0.2) is 0 Å². The topological polar surface area (TPSA) is 89.8 Å². The summed E-state index contributed by atoms with van der Waals surface area (Å²) in [7, 11) is -2.43. The van der Waals surface area contributed by atoms with Crippen molar-refractivity contribution in [3.63, 3.8) is 0 Å². The molecule has 0 atom stereocenters. The highest BCUT2D eigenvalue weighted by molar-refractivity contribution is 7.89. The smallest absolute Gasteiger partial charge is 0.273 e. The van der Waals surface area contributed by atoms with Crippen molar-refractivity contribution in [2.75, 3.05) is 20.2 Å². The van der Waals surface area contributed by atoms with Crippen LogP contribution in [0.4, 0.5) is 5.69 Å². The normalized spacial score (nSPS) is 11.6. The molecular formula is C13H20N2O5S. The number of nitro benzene ring substituents is 1. The molecule has 1 rings (SSSR count). The number of ether oxygens (including phenoxy) is 1. The van der Waals surface area contributed by atoms with Gasteiger partial charge in [-0.25, -0.2) is 8.42 Å². The number of hydrogen-bond acceptors (Lipinski definition) is 5. The van der Waals surface area contributed by atoms with Gasteiger partial charge < -0.3 is 4.74 Å². The Balaban J connectivity index is 3.26. The molecule has 0 aliphatic rings. The molecule has 8 heteroatoms. The van der Waals surface area contributed by atoms with Crippen LogP contribution in [-0.2, 0) is 10.0 Å². The van der Waals surface area contributed by atoms with Crippen molar-refractivity contribution in [3.05, 3.63) is 28.3 Å². The van der Waals surface area contributed by atoms with E-state index in [9.17, 15) is 18.5 Å². The average molecular weight is 316 g/mol. The Morgan fingerprint density at radius 3 is 2.48 bits per heavy atom. The maximum absolute atomic E-state index is 12.6. The molecule has 0 radical (unpaired) electrons. The Morgan fingerprint density at radius 2 is 2.00 bits per heavy atom. The molecule has 0 bridgehead atoms. The molecule has 0 N–H and O–H groups in total. The van der Waals surface area contributed by atoms with E-state index in [1.807, 2.05) is 6.92 Å². The fourth-order valence-corrected chi connectivity index (χ4v) is 3.53. The van der Waals surface area contributed by atoms with Crippen LogP contribution >= 0.6 is 0 Å². The fourth-order valence-electron chi connectivity index (χ4n) is 1.90. The van der Waals surface area contributed by atoms with Crippen LogP contribution in [0.2, 0.25) is 0 Å². The highest BCUT2D eigenvalue weighted by Crippen LogP contribution is 2.30. The molecule has 0 unspecified atom stereocenters. The minimum atomic E-state index is -3.72. The second kappa shape index (κ2) is 7.37. The number of sulfonamides is 1. The lowest BCUT2D eigenvalue weighted by molar-refractivity contribution is -0.385. The van der Waals surface area contributed by atoms with Gasteiger partial charge in [-0.2, -0.15) is 4.31 Å². The van der Waals surface area contributed by atoms with Crippen LogP contribution in [0.1, 0.15) is 26.7 Å². The van der Waals surface area contributed by atoms with Gasteiger partial charge in [-0.3, -0.25) is 10.1 Å². The van der Waals surface area contributed by atoms with Crippen molar-refractivity contribution >= 4 is 15.7 Å². The van der Waals surface area contributed by atoms with Crippen molar-refractivity contribution in [1.82, 2.24) is 4.31 Å². The minimum absolute atomic E-state index is 0.0147. The zero-order chi connectivity index (χ0) is 16.0. The Hall–Kier alpha value is -1.67. The summed E-state index contributed by atoms with van der Waals surface area (Å²) in [6.45, 7) is 4.48. The summed E-state index contributed by atoms with van der Waals surface area (Å²) in [5.41, 5.74) is -0.206. The number of non-ortho nitro benzene ring substituents is 1. The molecule has 0 heterocycles. The summed E-state index contributed by atoms with van der Waals surface area (Å²) in [6.07, 6.45) is 1.63. The molecular weight excluding hydrogens is 296 g/mol. The van der Waals surface area contributed by atoms with Crippen LogP contribution in [0.5, 0.6) is 5.75 Å². The van der Waals surface area contributed by atoms with Crippen molar-refractivity contribution < 1.29 is 18.1 Å². The second-order valence-electron chi connectivity index (χ2n) is 4.44. The molecule has 7 nitrogen and oxygen atoms in total. The van der Waals surface area contributed by atoms with Gasteiger partial charge in [0.05, 0.1) is 18.1 Å². The van der Waals surface area contributed by atoms with Crippen molar-refractivity contribution in [2.45, 2.75) is 31.6 Å². The quantitative estimate of drug-likeness (QED) is 0.542. The molecule has 0 fully saturated rings. The van der Waals surface area contributed by atoms with Gasteiger partial charge in [-0.1, -0.05) is 20.3 Å². The maximum Gasteiger partial charge on any atom is 0.273 e. The van der Waals surface area contributed by atoms with Crippen molar-refractivity contribution in [1.29, 1.82) is 0 Å². The summed E-state index contributed by atoms with van der Waals surface area (Å²) in [5, 5.41) is 10.8. The SMILES string of the molecule is CCCCN(CC)S(=O)(=O)c1ccc([N+](=O)[O-])cc1OC. The number of methoxy groups -OCH3 is 1. The predicted molar refractivity (Wildman–Crippen MR) is 79.0 cm³/mol. The molecule has 0 spiro atoms. The van der Waals surface area contributed by atoms with Gasteiger partial charge in [0.25, 0.3) is 5.69 Å². The first-order chi connectivity index (χ1) is 9.88. The van der Waals surface area contributed by atoms with E-state index in [1.54, 1.807) is 6.92 Å². The van der Waals surface area contributed by atoms with E-state index in [-0.39, 0.29) is 16.3 Å². The third kappa shape index (κ3) is 3.92. The van der Waals surface area contributed by atoms with Gasteiger partial charge in [-0.05, 0) is 12.5 Å².